The number of aromatic nitrogens is 1. The first-order valence-electron chi connectivity index (χ1n) is 7.71. The number of piperidine rings is 1. The highest BCUT2D eigenvalue weighted by Gasteiger charge is 2.16. The minimum Gasteiger partial charge on any atom is -0.317 e. The molecule has 2 rings (SSSR count). The van der Waals surface area contributed by atoms with E-state index in [0.717, 1.165) is 18.9 Å². The van der Waals surface area contributed by atoms with Crippen LogP contribution in [0.25, 0.3) is 0 Å². The van der Waals surface area contributed by atoms with Gasteiger partial charge in [0.25, 0.3) is 0 Å². The van der Waals surface area contributed by atoms with Crippen molar-refractivity contribution in [3.8, 4) is 0 Å². The van der Waals surface area contributed by atoms with Crippen LogP contribution in [-0.4, -0.2) is 42.6 Å². The summed E-state index contributed by atoms with van der Waals surface area (Å²) >= 11 is 0. The smallest absolute Gasteiger partial charge is 0.0416 e. The Balaban J connectivity index is 1.78. The van der Waals surface area contributed by atoms with Gasteiger partial charge in [-0.05, 0) is 56.9 Å². The third kappa shape index (κ3) is 5.29. The molecule has 1 aromatic heterocycles. The zero-order chi connectivity index (χ0) is 13.3. The first-order valence-corrected chi connectivity index (χ1v) is 7.71. The second-order valence-corrected chi connectivity index (χ2v) is 5.57. The normalized spacial score (nSPS) is 16.9. The maximum absolute atomic E-state index is 4.42. The lowest BCUT2D eigenvalue weighted by Crippen LogP contribution is -2.37. The lowest BCUT2D eigenvalue weighted by Gasteiger charge is -2.29. The number of nitrogens with one attached hydrogen (secondary N) is 1. The van der Waals surface area contributed by atoms with Crippen LogP contribution in [0.4, 0.5) is 0 Å². The molecule has 3 heteroatoms. The lowest BCUT2D eigenvalue weighted by molar-refractivity contribution is 0.207. The number of pyridine rings is 1. The van der Waals surface area contributed by atoms with Gasteiger partial charge >= 0.3 is 0 Å². The summed E-state index contributed by atoms with van der Waals surface area (Å²) in [4.78, 5) is 7.05. The zero-order valence-corrected chi connectivity index (χ0v) is 12.1. The molecule has 0 unspecified atom stereocenters. The Morgan fingerprint density at radius 1 is 1.26 bits per heavy atom. The summed E-state index contributed by atoms with van der Waals surface area (Å²) in [7, 11) is 0. The summed E-state index contributed by atoms with van der Waals surface area (Å²) in [5, 5.41) is 3.45. The molecule has 19 heavy (non-hydrogen) atoms. The van der Waals surface area contributed by atoms with Crippen molar-refractivity contribution in [1.29, 1.82) is 0 Å². The van der Waals surface area contributed by atoms with Gasteiger partial charge in [0.05, 0.1) is 0 Å². The topological polar surface area (TPSA) is 28.2 Å². The largest absolute Gasteiger partial charge is 0.317 e. The minimum absolute atomic E-state index is 0.886. The SMILES string of the molecule is CCCN(CCc1ccccn1)CC1CCNCC1. The Labute approximate surface area is 117 Å². The van der Waals surface area contributed by atoms with Crippen molar-refractivity contribution in [1.82, 2.24) is 15.2 Å². The maximum Gasteiger partial charge on any atom is 0.0416 e. The molecule has 2 heterocycles. The first kappa shape index (κ1) is 14.5. The second kappa shape index (κ2) is 8.28. The molecule has 0 spiro atoms. The van der Waals surface area contributed by atoms with Gasteiger partial charge in [0.15, 0.2) is 0 Å². The maximum atomic E-state index is 4.42. The van der Waals surface area contributed by atoms with E-state index in [0.29, 0.717) is 0 Å². The molecule has 0 aliphatic carbocycles. The molecule has 0 radical (unpaired) electrons. The number of nitrogens with zero attached hydrogens (tertiary/aromatic N) is 2. The van der Waals surface area contributed by atoms with E-state index in [1.54, 1.807) is 0 Å². The number of hydrogen-bond donors (Lipinski definition) is 1. The highest BCUT2D eigenvalue weighted by Crippen LogP contribution is 2.14. The van der Waals surface area contributed by atoms with Gasteiger partial charge in [0.1, 0.15) is 0 Å². The Kier molecular flexibility index (Phi) is 6.31. The van der Waals surface area contributed by atoms with Crippen molar-refractivity contribution in [3.63, 3.8) is 0 Å². The number of rotatable bonds is 7. The van der Waals surface area contributed by atoms with Crippen molar-refractivity contribution in [2.45, 2.75) is 32.6 Å². The van der Waals surface area contributed by atoms with Crippen molar-refractivity contribution in [2.75, 3.05) is 32.7 Å². The van der Waals surface area contributed by atoms with E-state index >= 15 is 0 Å². The van der Waals surface area contributed by atoms with Gasteiger partial charge in [-0.2, -0.15) is 0 Å². The van der Waals surface area contributed by atoms with E-state index < -0.39 is 0 Å². The third-order valence-corrected chi connectivity index (χ3v) is 3.93. The molecule has 0 amide bonds. The average molecular weight is 261 g/mol. The Morgan fingerprint density at radius 3 is 2.79 bits per heavy atom. The van der Waals surface area contributed by atoms with Gasteiger partial charge in [-0.3, -0.25) is 4.98 Å². The summed E-state index contributed by atoms with van der Waals surface area (Å²) < 4.78 is 0. The van der Waals surface area contributed by atoms with E-state index in [9.17, 15) is 0 Å². The van der Waals surface area contributed by atoms with Gasteiger partial charge in [0.2, 0.25) is 0 Å². The van der Waals surface area contributed by atoms with Crippen molar-refractivity contribution >= 4 is 0 Å². The van der Waals surface area contributed by atoms with Crippen LogP contribution in [0.2, 0.25) is 0 Å². The van der Waals surface area contributed by atoms with Crippen LogP contribution in [-0.2, 0) is 6.42 Å². The van der Waals surface area contributed by atoms with Crippen LogP contribution in [0.15, 0.2) is 24.4 Å². The average Bonchev–Trinajstić information content (AvgIpc) is 2.47. The van der Waals surface area contributed by atoms with E-state index in [4.69, 9.17) is 0 Å². The molecule has 3 nitrogen and oxygen atoms in total. The van der Waals surface area contributed by atoms with Crippen LogP contribution in [0.5, 0.6) is 0 Å². The third-order valence-electron chi connectivity index (χ3n) is 3.93. The molecular weight excluding hydrogens is 234 g/mol. The molecule has 106 valence electrons. The van der Waals surface area contributed by atoms with E-state index in [1.165, 1.54) is 51.1 Å². The predicted molar refractivity (Wildman–Crippen MR) is 80.3 cm³/mol. The fourth-order valence-corrected chi connectivity index (χ4v) is 2.86. The van der Waals surface area contributed by atoms with E-state index in [2.05, 4.69) is 34.3 Å². The van der Waals surface area contributed by atoms with Gasteiger partial charge in [-0.15, -0.1) is 0 Å². The van der Waals surface area contributed by atoms with E-state index in [1.807, 2.05) is 12.3 Å². The van der Waals surface area contributed by atoms with Crippen LogP contribution in [0.1, 0.15) is 31.9 Å². The Bertz CT molecular complexity index is 333. The molecule has 1 saturated heterocycles. The van der Waals surface area contributed by atoms with Crippen LogP contribution in [0, 0.1) is 5.92 Å². The quantitative estimate of drug-likeness (QED) is 0.816. The van der Waals surface area contributed by atoms with Crippen molar-refractivity contribution in [3.05, 3.63) is 30.1 Å². The highest BCUT2D eigenvalue weighted by molar-refractivity contribution is 5.03. The summed E-state index contributed by atoms with van der Waals surface area (Å²) in [5.74, 6) is 0.886. The molecule has 0 aromatic carbocycles. The van der Waals surface area contributed by atoms with Gasteiger partial charge < -0.3 is 10.2 Å². The van der Waals surface area contributed by atoms with Crippen molar-refractivity contribution in [2.24, 2.45) is 5.92 Å². The highest BCUT2D eigenvalue weighted by atomic mass is 15.1. The molecular formula is C16H27N3. The zero-order valence-electron chi connectivity index (χ0n) is 12.1. The minimum atomic E-state index is 0.886. The summed E-state index contributed by atoms with van der Waals surface area (Å²) in [6.45, 7) is 8.31. The van der Waals surface area contributed by atoms with Gasteiger partial charge in [-0.1, -0.05) is 13.0 Å². The molecule has 0 saturated carbocycles. The standard InChI is InChI=1S/C16H27N3/c1-2-12-19(14-15-6-10-17-11-7-15)13-8-16-5-3-4-9-18-16/h3-5,9,15,17H,2,6-8,10-14H2,1H3. The van der Waals surface area contributed by atoms with Gasteiger partial charge in [0, 0.05) is 31.4 Å². The second-order valence-electron chi connectivity index (χ2n) is 5.57. The fraction of sp³-hybridized carbons (Fsp3) is 0.688. The summed E-state index contributed by atoms with van der Waals surface area (Å²) in [6, 6.07) is 6.20. The van der Waals surface area contributed by atoms with Crippen LogP contribution < -0.4 is 5.32 Å². The van der Waals surface area contributed by atoms with Crippen LogP contribution >= 0.6 is 0 Å². The predicted octanol–water partition coefficient (Wildman–Crippen LogP) is 2.34. The van der Waals surface area contributed by atoms with E-state index in [-0.39, 0.29) is 0 Å². The Hall–Kier alpha value is -0.930. The Morgan fingerprint density at radius 2 is 2.11 bits per heavy atom. The number of hydrogen-bond acceptors (Lipinski definition) is 3. The van der Waals surface area contributed by atoms with Crippen LogP contribution in [0.3, 0.4) is 0 Å². The van der Waals surface area contributed by atoms with Crippen molar-refractivity contribution < 1.29 is 0 Å². The molecule has 0 atom stereocenters. The summed E-state index contributed by atoms with van der Waals surface area (Å²) in [6.07, 6.45) is 6.89. The molecule has 1 N–H and O–H groups in total. The molecule has 1 aliphatic rings. The first-order chi connectivity index (χ1) is 9.38. The fourth-order valence-electron chi connectivity index (χ4n) is 2.86. The molecule has 1 aliphatic heterocycles. The molecule has 1 fully saturated rings. The summed E-state index contributed by atoms with van der Waals surface area (Å²) in [5.41, 5.74) is 1.22. The molecule has 0 bridgehead atoms. The monoisotopic (exact) mass is 261 g/mol. The lowest BCUT2D eigenvalue weighted by atomic mass is 9.97. The molecule has 1 aromatic rings. The van der Waals surface area contributed by atoms with Gasteiger partial charge in [-0.25, -0.2) is 0 Å².